The van der Waals surface area contributed by atoms with Gasteiger partial charge in [0, 0.05) is 35.9 Å². The van der Waals surface area contributed by atoms with Crippen LogP contribution in [0.4, 0.5) is 0 Å². The number of imidazole rings is 1. The molecular formula is C26H38N4. The first-order valence-corrected chi connectivity index (χ1v) is 11.8. The summed E-state index contributed by atoms with van der Waals surface area (Å²) >= 11 is 0. The molecule has 1 N–H and O–H groups in total. The minimum Gasteiger partial charge on any atom is -0.375 e. The number of piperidine rings is 1. The average Bonchev–Trinajstić information content (AvgIpc) is 3.23. The van der Waals surface area contributed by atoms with Crippen LogP contribution in [0.15, 0.2) is 36.7 Å². The Morgan fingerprint density at radius 1 is 1.23 bits per heavy atom. The van der Waals surface area contributed by atoms with Crippen molar-refractivity contribution in [1.82, 2.24) is 19.8 Å². The summed E-state index contributed by atoms with van der Waals surface area (Å²) in [7, 11) is 0. The van der Waals surface area contributed by atoms with Crippen LogP contribution in [0.5, 0.6) is 0 Å². The second kappa shape index (κ2) is 8.49. The van der Waals surface area contributed by atoms with E-state index in [0.29, 0.717) is 6.04 Å². The van der Waals surface area contributed by atoms with Crippen molar-refractivity contribution >= 4 is 12.7 Å². The van der Waals surface area contributed by atoms with E-state index in [1.54, 1.807) is 0 Å². The molecule has 3 heterocycles. The largest absolute Gasteiger partial charge is 0.375 e. The van der Waals surface area contributed by atoms with Crippen LogP contribution in [0.25, 0.3) is 12.7 Å². The quantitative estimate of drug-likeness (QED) is 0.801. The Morgan fingerprint density at radius 3 is 2.67 bits per heavy atom. The predicted octanol–water partition coefficient (Wildman–Crippen LogP) is 4.07. The summed E-state index contributed by atoms with van der Waals surface area (Å²) < 4.78 is 0. The SMILES string of the molecule is C=C(CC)N1CCC2(CC1)C(=C)N(Cc1n/c(=C/C=C\C)c(=C)[nH]1)C1CCCCC12. The molecule has 1 aromatic heterocycles. The molecule has 0 amide bonds. The third-order valence-electron chi connectivity index (χ3n) is 7.90. The molecule has 1 aromatic rings. The third-order valence-corrected chi connectivity index (χ3v) is 7.90. The predicted molar refractivity (Wildman–Crippen MR) is 126 cm³/mol. The number of hydrogen-bond acceptors (Lipinski definition) is 3. The molecule has 4 rings (SSSR count). The number of nitrogens with zero attached hydrogens (tertiary/aromatic N) is 3. The third kappa shape index (κ3) is 3.55. The zero-order valence-electron chi connectivity index (χ0n) is 18.9. The molecule has 1 saturated carbocycles. The first kappa shape index (κ1) is 21.0. The highest BCUT2D eigenvalue weighted by atomic mass is 15.2. The molecule has 4 nitrogen and oxygen atoms in total. The summed E-state index contributed by atoms with van der Waals surface area (Å²) in [6.45, 7) is 20.4. The standard InChI is InChI=1S/C26H38N4/c1-6-8-12-23-20(4)27-25(28-23)18-30-21(5)26(22-11-9-10-13-24(22)30)14-16-29(17-15-26)19(3)7-2/h6,8,12,22,24H,3-5,7,9-11,13-18H2,1-2H3,(H,27,28)/b8-6-,23-12+. The second-order valence-corrected chi connectivity index (χ2v) is 9.34. The number of rotatable bonds is 5. The van der Waals surface area contributed by atoms with Crippen LogP contribution < -0.4 is 10.7 Å². The maximum absolute atomic E-state index is 4.84. The van der Waals surface area contributed by atoms with Gasteiger partial charge in [0.15, 0.2) is 0 Å². The van der Waals surface area contributed by atoms with Gasteiger partial charge in [-0.2, -0.15) is 0 Å². The molecule has 3 aliphatic rings. The number of fused-ring (bicyclic) bond motifs is 2. The average molecular weight is 407 g/mol. The second-order valence-electron chi connectivity index (χ2n) is 9.34. The Hall–Kier alpha value is -2.23. The normalized spacial score (nSPS) is 26.7. The van der Waals surface area contributed by atoms with Gasteiger partial charge < -0.3 is 14.8 Å². The lowest BCUT2D eigenvalue weighted by atomic mass is 9.64. The van der Waals surface area contributed by atoms with Crippen LogP contribution in [0.2, 0.25) is 0 Å². The Kier molecular flexibility index (Phi) is 5.95. The lowest BCUT2D eigenvalue weighted by Gasteiger charge is -2.45. The van der Waals surface area contributed by atoms with Gasteiger partial charge in [0.1, 0.15) is 5.82 Å². The number of allylic oxidation sites excluding steroid dienone is 4. The van der Waals surface area contributed by atoms with Gasteiger partial charge in [-0.15, -0.1) is 0 Å². The maximum Gasteiger partial charge on any atom is 0.126 e. The molecule has 0 bridgehead atoms. The summed E-state index contributed by atoms with van der Waals surface area (Å²) in [5, 5.41) is 1.84. The molecule has 2 saturated heterocycles. The number of H-pyrrole nitrogens is 1. The maximum atomic E-state index is 4.84. The molecule has 30 heavy (non-hydrogen) atoms. The highest BCUT2D eigenvalue weighted by Gasteiger charge is 2.55. The Balaban J connectivity index is 1.59. The monoisotopic (exact) mass is 406 g/mol. The molecule has 2 unspecified atom stereocenters. The molecule has 0 radical (unpaired) electrons. The fourth-order valence-corrected chi connectivity index (χ4v) is 6.19. The van der Waals surface area contributed by atoms with Gasteiger partial charge in [0.05, 0.1) is 17.2 Å². The lowest BCUT2D eigenvalue weighted by Crippen LogP contribution is -2.44. The first-order chi connectivity index (χ1) is 14.5. The van der Waals surface area contributed by atoms with E-state index in [9.17, 15) is 0 Å². The fraction of sp³-hybridized carbons (Fsp3) is 0.577. The van der Waals surface area contributed by atoms with Crippen LogP contribution in [0.3, 0.4) is 0 Å². The zero-order valence-corrected chi connectivity index (χ0v) is 18.9. The van der Waals surface area contributed by atoms with Crippen molar-refractivity contribution in [3.05, 3.63) is 53.2 Å². The smallest absolute Gasteiger partial charge is 0.126 e. The molecule has 1 spiro atoms. The summed E-state index contributed by atoms with van der Waals surface area (Å²) in [4.78, 5) is 13.4. The van der Waals surface area contributed by atoms with Crippen LogP contribution in [0.1, 0.15) is 64.6 Å². The van der Waals surface area contributed by atoms with Crippen molar-refractivity contribution in [2.45, 2.75) is 71.4 Å². The van der Waals surface area contributed by atoms with Crippen LogP contribution in [0, 0.1) is 11.3 Å². The molecule has 3 fully saturated rings. The minimum atomic E-state index is 0.259. The van der Waals surface area contributed by atoms with Gasteiger partial charge in [-0.25, -0.2) is 4.98 Å². The molecular weight excluding hydrogens is 368 g/mol. The minimum absolute atomic E-state index is 0.259. The Bertz CT molecular complexity index is 929. The van der Waals surface area contributed by atoms with Gasteiger partial charge in [-0.05, 0) is 51.0 Å². The highest BCUT2D eigenvalue weighted by molar-refractivity contribution is 5.34. The number of likely N-dealkylation sites (tertiary alicyclic amines) is 2. The van der Waals surface area contributed by atoms with E-state index in [4.69, 9.17) is 11.6 Å². The van der Waals surface area contributed by atoms with Gasteiger partial charge in [-0.3, -0.25) is 0 Å². The van der Waals surface area contributed by atoms with E-state index in [1.807, 2.05) is 25.2 Å². The van der Waals surface area contributed by atoms with E-state index in [-0.39, 0.29) is 5.41 Å². The zero-order chi connectivity index (χ0) is 21.3. The summed E-state index contributed by atoms with van der Waals surface area (Å²) in [6.07, 6.45) is 14.9. The van der Waals surface area contributed by atoms with Gasteiger partial charge in [-0.1, -0.05) is 51.7 Å². The summed E-state index contributed by atoms with van der Waals surface area (Å²) in [5.74, 6) is 1.74. The molecule has 162 valence electrons. The van der Waals surface area contributed by atoms with Gasteiger partial charge >= 0.3 is 0 Å². The number of hydrogen-bond donors (Lipinski definition) is 1. The van der Waals surface area contributed by atoms with Crippen molar-refractivity contribution in [1.29, 1.82) is 0 Å². The summed E-state index contributed by atoms with van der Waals surface area (Å²) in [6, 6.07) is 0.605. The van der Waals surface area contributed by atoms with Crippen LogP contribution >= 0.6 is 0 Å². The molecule has 2 atom stereocenters. The molecule has 1 aliphatic carbocycles. The first-order valence-electron chi connectivity index (χ1n) is 11.8. The van der Waals surface area contributed by atoms with Crippen LogP contribution in [-0.2, 0) is 6.54 Å². The number of aromatic nitrogens is 2. The fourth-order valence-electron chi connectivity index (χ4n) is 6.19. The van der Waals surface area contributed by atoms with E-state index in [1.165, 1.54) is 49.9 Å². The van der Waals surface area contributed by atoms with E-state index >= 15 is 0 Å². The molecule has 2 aliphatic heterocycles. The Morgan fingerprint density at radius 2 is 1.97 bits per heavy atom. The van der Waals surface area contributed by atoms with E-state index in [2.05, 4.69) is 34.9 Å². The van der Waals surface area contributed by atoms with Crippen molar-refractivity contribution in [3.8, 4) is 0 Å². The highest BCUT2D eigenvalue weighted by Crippen LogP contribution is 2.58. The van der Waals surface area contributed by atoms with E-state index in [0.717, 1.165) is 48.5 Å². The van der Waals surface area contributed by atoms with Gasteiger partial charge in [0.25, 0.3) is 0 Å². The van der Waals surface area contributed by atoms with Crippen molar-refractivity contribution < 1.29 is 0 Å². The lowest BCUT2D eigenvalue weighted by molar-refractivity contribution is 0.0873. The van der Waals surface area contributed by atoms with Crippen LogP contribution in [-0.4, -0.2) is 38.9 Å². The van der Waals surface area contributed by atoms with Crippen molar-refractivity contribution in [2.75, 3.05) is 13.1 Å². The summed E-state index contributed by atoms with van der Waals surface area (Å²) in [5.41, 5.74) is 2.91. The molecule has 0 aromatic carbocycles. The number of nitrogens with one attached hydrogen (secondary N) is 1. The van der Waals surface area contributed by atoms with Gasteiger partial charge in [0.2, 0.25) is 0 Å². The Labute approximate surface area is 181 Å². The van der Waals surface area contributed by atoms with Crippen molar-refractivity contribution in [2.24, 2.45) is 11.3 Å². The number of aromatic amines is 1. The molecule has 4 heteroatoms. The van der Waals surface area contributed by atoms with E-state index < -0.39 is 0 Å². The topological polar surface area (TPSA) is 35.2 Å². The van der Waals surface area contributed by atoms with Crippen molar-refractivity contribution in [3.63, 3.8) is 0 Å².